The highest BCUT2D eigenvalue weighted by atomic mass is 16.5. The lowest BCUT2D eigenvalue weighted by Crippen LogP contribution is -2.49. The van der Waals surface area contributed by atoms with Crippen LogP contribution in [0.3, 0.4) is 0 Å². The highest BCUT2D eigenvalue weighted by Gasteiger charge is 2.30. The van der Waals surface area contributed by atoms with Gasteiger partial charge in [-0.05, 0) is 29.7 Å². The summed E-state index contributed by atoms with van der Waals surface area (Å²) in [6, 6.07) is 16.7. The van der Waals surface area contributed by atoms with E-state index in [0.29, 0.717) is 18.5 Å². The van der Waals surface area contributed by atoms with Gasteiger partial charge in [-0.3, -0.25) is 9.59 Å². The molecule has 136 valence electrons. The van der Waals surface area contributed by atoms with Crippen LogP contribution in [0.4, 0.5) is 5.69 Å². The molecule has 0 aliphatic carbocycles. The largest absolute Gasteiger partial charge is 0.394 e. The van der Waals surface area contributed by atoms with Gasteiger partial charge in [-0.2, -0.15) is 0 Å². The minimum atomic E-state index is -0.470. The molecule has 3 rings (SSSR count). The monoisotopic (exact) mass is 354 g/mol. The molecule has 1 saturated heterocycles. The standard InChI is InChI=1S/C20H22N2O4/c23-12-17-20(26-13-19(25)22-17)15-7-9-16(10-8-15)21-18(24)11-6-14-4-2-1-3-5-14/h1-5,7-10,17,20,23H,6,11-13H2,(H,21,24)(H,22,25)/t17-,20-/m1/s1. The number of hydrogen-bond donors (Lipinski definition) is 3. The molecule has 1 heterocycles. The van der Waals surface area contributed by atoms with Crippen LogP contribution in [0.5, 0.6) is 0 Å². The molecule has 0 unspecified atom stereocenters. The van der Waals surface area contributed by atoms with Crippen LogP contribution in [-0.4, -0.2) is 36.2 Å². The van der Waals surface area contributed by atoms with Crippen molar-refractivity contribution in [3.05, 3.63) is 65.7 Å². The number of carbonyl (C=O) groups is 2. The number of aliphatic hydroxyl groups excluding tert-OH is 1. The van der Waals surface area contributed by atoms with Crippen molar-refractivity contribution in [1.82, 2.24) is 5.32 Å². The third-order valence-corrected chi connectivity index (χ3v) is 4.31. The Hall–Kier alpha value is -2.70. The van der Waals surface area contributed by atoms with Crippen molar-refractivity contribution in [2.24, 2.45) is 0 Å². The minimum absolute atomic E-state index is 0.0286. The number of anilines is 1. The van der Waals surface area contributed by atoms with E-state index in [1.165, 1.54) is 0 Å². The van der Waals surface area contributed by atoms with Crippen LogP contribution >= 0.6 is 0 Å². The molecule has 1 fully saturated rings. The number of nitrogens with one attached hydrogen (secondary N) is 2. The lowest BCUT2D eigenvalue weighted by molar-refractivity contribution is -0.138. The Morgan fingerprint density at radius 3 is 2.58 bits per heavy atom. The average molecular weight is 354 g/mol. The normalized spacial score (nSPS) is 19.7. The van der Waals surface area contributed by atoms with E-state index in [0.717, 1.165) is 11.1 Å². The lowest BCUT2D eigenvalue weighted by Gasteiger charge is -2.31. The molecule has 1 aliphatic heterocycles. The molecule has 1 aliphatic rings. The molecule has 6 nitrogen and oxygen atoms in total. The first kappa shape index (κ1) is 18.1. The molecular formula is C20H22N2O4. The summed E-state index contributed by atoms with van der Waals surface area (Å²) in [6.45, 7) is -0.229. The van der Waals surface area contributed by atoms with Crippen molar-refractivity contribution >= 4 is 17.5 Å². The fourth-order valence-electron chi connectivity index (χ4n) is 2.96. The van der Waals surface area contributed by atoms with Gasteiger partial charge in [0.2, 0.25) is 11.8 Å². The molecule has 0 saturated carbocycles. The number of morpholine rings is 1. The number of aryl methyl sites for hydroxylation is 1. The van der Waals surface area contributed by atoms with Crippen molar-refractivity contribution in [3.63, 3.8) is 0 Å². The van der Waals surface area contributed by atoms with E-state index >= 15 is 0 Å². The maximum atomic E-state index is 12.1. The second kappa shape index (κ2) is 8.60. The number of carbonyl (C=O) groups excluding carboxylic acids is 2. The maximum Gasteiger partial charge on any atom is 0.246 e. The quantitative estimate of drug-likeness (QED) is 0.738. The summed E-state index contributed by atoms with van der Waals surface area (Å²) >= 11 is 0. The Kier molecular flexibility index (Phi) is 5.99. The molecule has 2 aromatic carbocycles. The number of hydrogen-bond acceptors (Lipinski definition) is 4. The summed E-state index contributed by atoms with van der Waals surface area (Å²) in [6.07, 6.45) is 0.704. The molecule has 0 aromatic heterocycles. The van der Waals surface area contributed by atoms with Crippen LogP contribution < -0.4 is 10.6 Å². The Bertz CT molecular complexity index is 746. The summed E-state index contributed by atoms with van der Waals surface area (Å²) in [7, 11) is 0. The first-order chi connectivity index (χ1) is 12.7. The highest BCUT2D eigenvalue weighted by molar-refractivity contribution is 5.90. The van der Waals surface area contributed by atoms with Crippen molar-refractivity contribution in [1.29, 1.82) is 0 Å². The van der Waals surface area contributed by atoms with Crippen LogP contribution in [-0.2, 0) is 20.7 Å². The van der Waals surface area contributed by atoms with Crippen molar-refractivity contribution in [3.8, 4) is 0 Å². The van der Waals surface area contributed by atoms with E-state index < -0.39 is 12.1 Å². The van der Waals surface area contributed by atoms with Gasteiger partial charge < -0.3 is 20.5 Å². The van der Waals surface area contributed by atoms with Crippen LogP contribution in [0, 0.1) is 0 Å². The van der Waals surface area contributed by atoms with Gasteiger partial charge in [0.05, 0.1) is 12.6 Å². The first-order valence-corrected chi connectivity index (χ1v) is 8.61. The Labute approximate surface area is 152 Å². The van der Waals surface area contributed by atoms with Gasteiger partial charge in [-0.15, -0.1) is 0 Å². The summed E-state index contributed by atoms with van der Waals surface area (Å²) < 4.78 is 5.53. The zero-order valence-electron chi connectivity index (χ0n) is 14.4. The molecule has 0 radical (unpaired) electrons. The van der Waals surface area contributed by atoms with Gasteiger partial charge in [0.25, 0.3) is 0 Å². The van der Waals surface area contributed by atoms with Crippen molar-refractivity contribution < 1.29 is 19.4 Å². The second-order valence-corrected chi connectivity index (χ2v) is 6.24. The zero-order valence-corrected chi connectivity index (χ0v) is 14.4. The molecule has 2 atom stereocenters. The van der Waals surface area contributed by atoms with Crippen LogP contribution in [0.25, 0.3) is 0 Å². The van der Waals surface area contributed by atoms with E-state index in [1.807, 2.05) is 42.5 Å². The summed E-state index contributed by atoms with van der Waals surface area (Å²) in [4.78, 5) is 23.4. The first-order valence-electron chi connectivity index (χ1n) is 8.61. The van der Waals surface area contributed by atoms with Gasteiger partial charge in [-0.1, -0.05) is 42.5 Å². The molecule has 0 spiro atoms. The molecule has 26 heavy (non-hydrogen) atoms. The number of rotatable bonds is 6. The predicted octanol–water partition coefficient (Wildman–Crippen LogP) is 1.81. The summed E-state index contributed by atoms with van der Waals surface area (Å²) in [5, 5.41) is 15.0. The second-order valence-electron chi connectivity index (χ2n) is 6.24. The smallest absolute Gasteiger partial charge is 0.246 e. The van der Waals surface area contributed by atoms with E-state index in [9.17, 15) is 14.7 Å². The average Bonchev–Trinajstić information content (AvgIpc) is 2.68. The van der Waals surface area contributed by atoms with Crippen molar-refractivity contribution in [2.45, 2.75) is 25.0 Å². The van der Waals surface area contributed by atoms with Gasteiger partial charge in [0.15, 0.2) is 0 Å². The van der Waals surface area contributed by atoms with Crippen LogP contribution in [0.2, 0.25) is 0 Å². The Morgan fingerprint density at radius 1 is 1.15 bits per heavy atom. The fourth-order valence-corrected chi connectivity index (χ4v) is 2.96. The topological polar surface area (TPSA) is 87.7 Å². The molecule has 2 aromatic rings. The molecule has 2 amide bonds. The SMILES string of the molecule is O=C(CCc1ccccc1)Nc1ccc([C@H]2OCC(=O)N[C@@H]2CO)cc1. The number of aliphatic hydroxyl groups is 1. The number of ether oxygens (including phenoxy) is 1. The Balaban J connectivity index is 1.55. The Morgan fingerprint density at radius 2 is 1.88 bits per heavy atom. The van der Waals surface area contributed by atoms with Crippen LogP contribution in [0.15, 0.2) is 54.6 Å². The van der Waals surface area contributed by atoms with Crippen LogP contribution in [0.1, 0.15) is 23.7 Å². The summed E-state index contributed by atoms with van der Waals surface area (Å²) in [5.74, 6) is -0.279. The van der Waals surface area contributed by atoms with E-state index in [2.05, 4.69) is 10.6 Å². The fraction of sp³-hybridized carbons (Fsp3) is 0.300. The van der Waals surface area contributed by atoms with Gasteiger partial charge in [-0.25, -0.2) is 0 Å². The van der Waals surface area contributed by atoms with E-state index in [1.54, 1.807) is 12.1 Å². The zero-order chi connectivity index (χ0) is 18.4. The van der Waals surface area contributed by atoms with Gasteiger partial charge >= 0.3 is 0 Å². The number of amides is 2. The lowest BCUT2D eigenvalue weighted by atomic mass is 10.0. The number of benzene rings is 2. The van der Waals surface area contributed by atoms with E-state index in [-0.39, 0.29) is 25.0 Å². The third-order valence-electron chi connectivity index (χ3n) is 4.31. The van der Waals surface area contributed by atoms with Gasteiger partial charge in [0, 0.05) is 12.1 Å². The molecular weight excluding hydrogens is 332 g/mol. The van der Waals surface area contributed by atoms with E-state index in [4.69, 9.17) is 4.74 Å². The highest BCUT2D eigenvalue weighted by Crippen LogP contribution is 2.25. The molecule has 3 N–H and O–H groups in total. The van der Waals surface area contributed by atoms with Crippen molar-refractivity contribution in [2.75, 3.05) is 18.5 Å². The molecule has 0 bridgehead atoms. The maximum absolute atomic E-state index is 12.1. The predicted molar refractivity (Wildman–Crippen MR) is 97.5 cm³/mol. The minimum Gasteiger partial charge on any atom is -0.394 e. The summed E-state index contributed by atoms with van der Waals surface area (Å²) in [5.41, 5.74) is 2.67. The molecule has 6 heteroatoms. The van der Waals surface area contributed by atoms with Gasteiger partial charge in [0.1, 0.15) is 12.7 Å². The third kappa shape index (κ3) is 4.68.